The third kappa shape index (κ3) is 2.11. The Morgan fingerprint density at radius 1 is 0.880 bits per heavy atom. The Labute approximate surface area is 151 Å². The highest BCUT2D eigenvalue weighted by molar-refractivity contribution is 7.80. The van der Waals surface area contributed by atoms with Crippen LogP contribution >= 0.6 is 12.2 Å². The van der Waals surface area contributed by atoms with Crippen LogP contribution in [0.2, 0.25) is 0 Å². The Hall–Kier alpha value is -2.72. The summed E-state index contributed by atoms with van der Waals surface area (Å²) in [6.07, 6.45) is 0.719. The average molecular weight is 344 g/mol. The number of thiocarbonyl (C=S) groups is 1. The van der Waals surface area contributed by atoms with Gasteiger partial charge in [0.15, 0.2) is 5.11 Å². The summed E-state index contributed by atoms with van der Waals surface area (Å²) in [6, 6.07) is 22.3. The lowest BCUT2D eigenvalue weighted by molar-refractivity contribution is -0.119. The number of anilines is 1. The minimum Gasteiger partial charge on any atom is -0.332 e. The highest BCUT2D eigenvalue weighted by Gasteiger charge is 2.45. The van der Waals surface area contributed by atoms with E-state index in [1.807, 2.05) is 42.5 Å². The van der Waals surface area contributed by atoms with Crippen molar-refractivity contribution in [2.75, 3.05) is 4.90 Å². The van der Waals surface area contributed by atoms with E-state index in [1.165, 1.54) is 11.1 Å². The molecule has 0 aliphatic carbocycles. The zero-order valence-electron chi connectivity index (χ0n) is 13.6. The summed E-state index contributed by atoms with van der Waals surface area (Å²) >= 11 is 5.72. The number of hydrogen-bond acceptors (Lipinski definition) is 2. The fourth-order valence-electron chi connectivity index (χ4n) is 3.94. The lowest BCUT2D eigenvalue weighted by Crippen LogP contribution is -2.39. The van der Waals surface area contributed by atoms with Gasteiger partial charge in [-0.2, -0.15) is 0 Å². The predicted molar refractivity (Wildman–Crippen MR) is 104 cm³/mol. The van der Waals surface area contributed by atoms with Crippen molar-refractivity contribution in [3.63, 3.8) is 0 Å². The Morgan fingerprint density at radius 2 is 1.60 bits per heavy atom. The molecule has 1 atom stereocenters. The third-order valence-electron chi connectivity index (χ3n) is 5.20. The Balaban J connectivity index is 1.61. The number of carbonyl (C=O) groups is 1. The first-order chi connectivity index (χ1) is 12.2. The number of hydrogen-bond donors (Lipinski definition) is 0. The van der Waals surface area contributed by atoms with Crippen LogP contribution in [0.25, 0.3) is 10.8 Å². The molecule has 1 saturated heterocycles. The molecule has 0 bridgehead atoms. The minimum absolute atomic E-state index is 0.0795. The van der Waals surface area contributed by atoms with E-state index >= 15 is 0 Å². The van der Waals surface area contributed by atoms with Crippen LogP contribution in [0, 0.1) is 0 Å². The molecule has 25 heavy (non-hydrogen) atoms. The Bertz CT molecular complexity index is 981. The highest BCUT2D eigenvalue weighted by Crippen LogP contribution is 2.36. The van der Waals surface area contributed by atoms with Gasteiger partial charge >= 0.3 is 0 Å². The van der Waals surface area contributed by atoms with Crippen LogP contribution in [0.15, 0.2) is 66.7 Å². The molecule has 2 aliphatic rings. The SMILES string of the molecule is O=C1C2Cc3ccccc3CN2C(=S)N1c1cccc2ccccc12. The van der Waals surface area contributed by atoms with E-state index in [-0.39, 0.29) is 11.9 Å². The topological polar surface area (TPSA) is 23.6 Å². The molecule has 3 nitrogen and oxygen atoms in total. The summed E-state index contributed by atoms with van der Waals surface area (Å²) < 4.78 is 0. The maximum absolute atomic E-state index is 13.2. The van der Waals surface area contributed by atoms with Crippen LogP contribution in [0.4, 0.5) is 5.69 Å². The molecular formula is C21H16N2OS. The van der Waals surface area contributed by atoms with Crippen molar-refractivity contribution in [2.45, 2.75) is 19.0 Å². The van der Waals surface area contributed by atoms with Gasteiger partial charge in [0, 0.05) is 18.4 Å². The molecule has 3 aromatic rings. The van der Waals surface area contributed by atoms with Crippen LogP contribution < -0.4 is 4.90 Å². The molecule has 2 aliphatic heterocycles. The molecule has 0 radical (unpaired) electrons. The average Bonchev–Trinajstić information content (AvgIpc) is 2.90. The van der Waals surface area contributed by atoms with Gasteiger partial charge in [0.2, 0.25) is 0 Å². The number of rotatable bonds is 1. The summed E-state index contributed by atoms with van der Waals surface area (Å²) in [5, 5.41) is 2.78. The maximum Gasteiger partial charge on any atom is 0.256 e. The minimum atomic E-state index is -0.193. The Kier molecular flexibility index (Phi) is 3.15. The second-order valence-electron chi connectivity index (χ2n) is 6.57. The Morgan fingerprint density at radius 3 is 2.48 bits per heavy atom. The van der Waals surface area contributed by atoms with Crippen LogP contribution in [-0.4, -0.2) is 22.0 Å². The lowest BCUT2D eigenvalue weighted by atomic mass is 9.95. The molecule has 1 fully saturated rings. The van der Waals surface area contributed by atoms with Crippen molar-refractivity contribution < 1.29 is 4.79 Å². The first-order valence-corrected chi connectivity index (χ1v) is 8.84. The molecule has 4 heteroatoms. The zero-order chi connectivity index (χ0) is 17.0. The molecule has 2 heterocycles. The zero-order valence-corrected chi connectivity index (χ0v) is 14.4. The van der Waals surface area contributed by atoms with Gasteiger partial charge in [-0.15, -0.1) is 0 Å². The van der Waals surface area contributed by atoms with Gasteiger partial charge in [0.1, 0.15) is 6.04 Å². The van der Waals surface area contributed by atoms with Crippen molar-refractivity contribution in [1.82, 2.24) is 4.90 Å². The van der Waals surface area contributed by atoms with E-state index in [0.717, 1.165) is 22.9 Å². The van der Waals surface area contributed by atoms with E-state index in [1.54, 1.807) is 4.90 Å². The molecule has 1 amide bonds. The standard InChI is InChI=1S/C21H16N2OS/c24-20-19-12-15-7-1-2-8-16(15)13-22(19)21(25)23(20)18-11-5-9-14-6-3-4-10-17(14)18/h1-11,19H,12-13H2. The van der Waals surface area contributed by atoms with Gasteiger partial charge in [0.05, 0.1) is 5.69 Å². The quantitative estimate of drug-likeness (QED) is 0.626. The van der Waals surface area contributed by atoms with Crippen molar-refractivity contribution in [2.24, 2.45) is 0 Å². The van der Waals surface area contributed by atoms with E-state index in [2.05, 4.69) is 29.2 Å². The summed E-state index contributed by atoms with van der Waals surface area (Å²) in [6.45, 7) is 0.701. The third-order valence-corrected chi connectivity index (χ3v) is 5.62. The molecule has 0 aromatic heterocycles. The maximum atomic E-state index is 13.2. The van der Waals surface area contributed by atoms with Gasteiger partial charge in [0.25, 0.3) is 5.91 Å². The normalized spacial score (nSPS) is 19.3. The van der Waals surface area contributed by atoms with Crippen molar-refractivity contribution in [1.29, 1.82) is 0 Å². The smallest absolute Gasteiger partial charge is 0.256 e. The second kappa shape index (κ2) is 5.39. The lowest BCUT2D eigenvalue weighted by Gasteiger charge is -2.30. The number of benzene rings is 3. The van der Waals surface area contributed by atoms with Crippen LogP contribution in [0.1, 0.15) is 11.1 Å². The van der Waals surface area contributed by atoms with Crippen molar-refractivity contribution in [3.05, 3.63) is 77.9 Å². The summed E-state index contributed by atoms with van der Waals surface area (Å²) in [5.74, 6) is 0.0795. The monoisotopic (exact) mass is 344 g/mol. The largest absolute Gasteiger partial charge is 0.332 e. The molecule has 122 valence electrons. The van der Waals surface area contributed by atoms with Crippen molar-refractivity contribution in [3.8, 4) is 0 Å². The number of carbonyl (C=O) groups excluding carboxylic acids is 1. The molecule has 0 spiro atoms. The number of fused-ring (bicyclic) bond motifs is 3. The second-order valence-corrected chi connectivity index (χ2v) is 6.94. The van der Waals surface area contributed by atoms with E-state index in [9.17, 15) is 4.79 Å². The van der Waals surface area contributed by atoms with E-state index in [4.69, 9.17) is 12.2 Å². The van der Waals surface area contributed by atoms with E-state index < -0.39 is 0 Å². The van der Waals surface area contributed by atoms with Gasteiger partial charge < -0.3 is 4.90 Å². The first-order valence-electron chi connectivity index (χ1n) is 8.43. The predicted octanol–water partition coefficient (Wildman–Crippen LogP) is 3.90. The summed E-state index contributed by atoms with van der Waals surface area (Å²) in [7, 11) is 0. The van der Waals surface area contributed by atoms with Gasteiger partial charge in [-0.25, -0.2) is 0 Å². The van der Waals surface area contributed by atoms with Crippen LogP contribution in [0.3, 0.4) is 0 Å². The van der Waals surface area contributed by atoms with Gasteiger partial charge in [-0.1, -0.05) is 60.7 Å². The molecule has 0 saturated carbocycles. The van der Waals surface area contributed by atoms with Gasteiger partial charge in [-0.3, -0.25) is 9.69 Å². The summed E-state index contributed by atoms with van der Waals surface area (Å²) in [5.41, 5.74) is 3.39. The number of nitrogens with zero attached hydrogens (tertiary/aromatic N) is 2. The molecule has 1 unspecified atom stereocenters. The van der Waals surface area contributed by atoms with Gasteiger partial charge in [-0.05, 0) is 34.8 Å². The number of amides is 1. The fraction of sp³-hybridized carbons (Fsp3) is 0.143. The van der Waals surface area contributed by atoms with E-state index in [0.29, 0.717) is 11.7 Å². The molecule has 3 aromatic carbocycles. The van der Waals surface area contributed by atoms with Crippen molar-refractivity contribution >= 4 is 39.7 Å². The summed E-state index contributed by atoms with van der Waals surface area (Å²) in [4.78, 5) is 17.0. The van der Waals surface area contributed by atoms with Crippen LogP contribution in [-0.2, 0) is 17.8 Å². The fourth-order valence-corrected chi connectivity index (χ4v) is 4.32. The molecule has 0 N–H and O–H groups in total. The molecule has 5 rings (SSSR count). The first kappa shape index (κ1) is 14.6. The highest BCUT2D eigenvalue weighted by atomic mass is 32.1. The van der Waals surface area contributed by atoms with Crippen LogP contribution in [0.5, 0.6) is 0 Å². The molecular weight excluding hydrogens is 328 g/mol.